The van der Waals surface area contributed by atoms with Crippen molar-refractivity contribution in [1.29, 1.82) is 0 Å². The van der Waals surface area contributed by atoms with Crippen LogP contribution in [0.2, 0.25) is 16.6 Å². The molecular weight excluding hydrogens is 513 g/mol. The normalized spacial score (nSPS) is 18.0. The summed E-state index contributed by atoms with van der Waals surface area (Å²) in [5, 5.41) is 12.4. The molecule has 0 spiro atoms. The number of carbonyl (C=O) groups is 2. The summed E-state index contributed by atoms with van der Waals surface area (Å²) in [5.74, 6) is -0.485. The fraction of sp³-hybridized carbons (Fsp3) is 0.724. The quantitative estimate of drug-likeness (QED) is 0.334. The second kappa shape index (κ2) is 11.8. The summed E-state index contributed by atoms with van der Waals surface area (Å²) in [7, 11) is -2.96. The maximum atomic E-state index is 12.4. The highest BCUT2D eigenvalue weighted by atomic mass is 28.4. The molecule has 8 nitrogen and oxygen atoms in total. The van der Waals surface area contributed by atoms with Crippen LogP contribution in [0.3, 0.4) is 0 Å². The molecule has 1 aromatic carbocycles. The van der Waals surface area contributed by atoms with Crippen LogP contribution in [0.4, 0.5) is 4.79 Å². The predicted molar refractivity (Wildman–Crippen MR) is 158 cm³/mol. The zero-order valence-corrected chi connectivity index (χ0v) is 27.2. The molecule has 10 heteroatoms. The van der Waals surface area contributed by atoms with Gasteiger partial charge in [-0.1, -0.05) is 47.6 Å². The minimum atomic E-state index is -2.31. The number of aliphatic carboxylic acids is 1. The third-order valence-electron chi connectivity index (χ3n) is 7.94. The van der Waals surface area contributed by atoms with Gasteiger partial charge in [-0.2, -0.15) is 0 Å². The Hall–Kier alpha value is -2.04. The maximum absolute atomic E-state index is 12.4. The van der Waals surface area contributed by atoms with Crippen LogP contribution in [-0.2, 0) is 25.3 Å². The van der Waals surface area contributed by atoms with Crippen LogP contribution >= 0.6 is 0 Å². The molecule has 2 N–H and O–H groups in total. The summed E-state index contributed by atoms with van der Waals surface area (Å²) in [5.41, 5.74) is 0.669. The first-order valence-electron chi connectivity index (χ1n) is 14.0. The van der Waals surface area contributed by atoms with Gasteiger partial charge in [0.05, 0.1) is 11.2 Å². The number of hydrogen-bond donors (Lipinski definition) is 2. The molecule has 1 aromatic rings. The first-order chi connectivity index (χ1) is 17.6. The van der Waals surface area contributed by atoms with Gasteiger partial charge in [0.25, 0.3) is 8.32 Å². The van der Waals surface area contributed by atoms with Gasteiger partial charge in [-0.25, -0.2) is 9.59 Å². The molecule has 1 heterocycles. The molecule has 220 valence electrons. The standard InChI is InChI=1S/C29H50BNO7Si/c1-18(2)39(19(3)4,20(5)6)36-23-15-21(16-24(25(32)33)31-26(34)35-27(7,8)9)14-22(17-23)30-37-28(10,11)29(12,13)38-30/h14-15,17-20,24H,16H2,1-13H3,(H,31,34)(H,32,33)/t24-/m0/s1. The summed E-state index contributed by atoms with van der Waals surface area (Å²) < 4.78 is 25.0. The number of hydrogen-bond acceptors (Lipinski definition) is 6. The summed E-state index contributed by atoms with van der Waals surface area (Å²) >= 11 is 0. The zero-order valence-electron chi connectivity index (χ0n) is 26.2. The van der Waals surface area contributed by atoms with Gasteiger partial charge in [-0.15, -0.1) is 0 Å². The Morgan fingerprint density at radius 2 is 1.44 bits per heavy atom. The molecule has 0 aliphatic carbocycles. The summed E-state index contributed by atoms with van der Waals surface area (Å²) in [6.07, 6.45) is -0.739. The fourth-order valence-corrected chi connectivity index (χ4v) is 10.7. The number of rotatable bonds is 10. The van der Waals surface area contributed by atoms with Gasteiger partial charge >= 0.3 is 19.2 Å². The van der Waals surface area contributed by atoms with E-state index in [-0.39, 0.29) is 6.42 Å². The monoisotopic (exact) mass is 563 g/mol. The van der Waals surface area contributed by atoms with Crippen molar-refractivity contribution in [3.63, 3.8) is 0 Å². The number of benzene rings is 1. The van der Waals surface area contributed by atoms with Crippen molar-refractivity contribution in [2.24, 2.45) is 0 Å². The zero-order chi connectivity index (χ0) is 30.1. The van der Waals surface area contributed by atoms with E-state index in [9.17, 15) is 14.7 Å². The van der Waals surface area contributed by atoms with Gasteiger partial charge in [0.1, 0.15) is 17.4 Å². The molecule has 1 amide bonds. The molecule has 39 heavy (non-hydrogen) atoms. The van der Waals surface area contributed by atoms with Crippen LogP contribution in [0.1, 0.15) is 95.6 Å². The van der Waals surface area contributed by atoms with Gasteiger partial charge in [0.2, 0.25) is 0 Å². The predicted octanol–water partition coefficient (Wildman–Crippen LogP) is 6.06. The van der Waals surface area contributed by atoms with Crippen molar-refractivity contribution in [2.45, 2.75) is 136 Å². The molecular formula is C29H50BNO7Si. The minimum Gasteiger partial charge on any atom is -0.543 e. The lowest BCUT2D eigenvalue weighted by Gasteiger charge is -2.42. The molecule has 1 atom stereocenters. The molecule has 1 saturated heterocycles. The lowest BCUT2D eigenvalue weighted by molar-refractivity contribution is -0.139. The van der Waals surface area contributed by atoms with Crippen LogP contribution in [-0.4, -0.2) is 55.4 Å². The van der Waals surface area contributed by atoms with E-state index in [2.05, 4.69) is 46.9 Å². The second-order valence-corrected chi connectivity index (χ2v) is 19.0. The average molecular weight is 564 g/mol. The van der Waals surface area contributed by atoms with Crippen molar-refractivity contribution < 1.29 is 33.2 Å². The van der Waals surface area contributed by atoms with Crippen molar-refractivity contribution in [1.82, 2.24) is 5.32 Å². The number of ether oxygens (including phenoxy) is 1. The maximum Gasteiger partial charge on any atom is 0.494 e. The number of nitrogens with one attached hydrogen (secondary N) is 1. The van der Waals surface area contributed by atoms with E-state index < -0.39 is 50.3 Å². The Morgan fingerprint density at radius 1 is 0.949 bits per heavy atom. The Bertz CT molecular complexity index is 995. The molecule has 0 bridgehead atoms. The van der Waals surface area contributed by atoms with E-state index in [1.807, 2.05) is 45.9 Å². The summed E-state index contributed by atoms with van der Waals surface area (Å²) in [6, 6.07) is 4.53. The minimum absolute atomic E-state index is 0.0396. The Kier molecular flexibility index (Phi) is 10.1. The van der Waals surface area contributed by atoms with Crippen LogP contribution in [0.25, 0.3) is 0 Å². The van der Waals surface area contributed by atoms with Crippen molar-refractivity contribution in [2.75, 3.05) is 0 Å². The van der Waals surface area contributed by atoms with Crippen molar-refractivity contribution in [3.05, 3.63) is 23.8 Å². The van der Waals surface area contributed by atoms with Gasteiger partial charge in [0, 0.05) is 6.42 Å². The van der Waals surface area contributed by atoms with Crippen molar-refractivity contribution in [3.8, 4) is 5.75 Å². The van der Waals surface area contributed by atoms with E-state index in [0.29, 0.717) is 27.9 Å². The largest absolute Gasteiger partial charge is 0.543 e. The van der Waals surface area contributed by atoms with E-state index in [4.69, 9.17) is 18.5 Å². The molecule has 0 saturated carbocycles. The smallest absolute Gasteiger partial charge is 0.494 e. The summed E-state index contributed by atoms with van der Waals surface area (Å²) in [6.45, 7) is 26.5. The Labute approximate surface area is 236 Å². The molecule has 1 aliphatic heterocycles. The highest BCUT2D eigenvalue weighted by molar-refractivity contribution is 6.78. The third-order valence-corrected chi connectivity index (χ3v) is 13.9. The van der Waals surface area contributed by atoms with E-state index in [0.717, 1.165) is 5.46 Å². The first kappa shape index (κ1) is 33.2. The van der Waals surface area contributed by atoms with Gasteiger partial charge in [-0.05, 0) is 88.2 Å². The van der Waals surface area contributed by atoms with Gasteiger partial charge < -0.3 is 28.9 Å². The van der Waals surface area contributed by atoms with Crippen LogP contribution in [0.5, 0.6) is 5.75 Å². The van der Waals surface area contributed by atoms with E-state index in [1.165, 1.54) is 0 Å². The van der Waals surface area contributed by atoms with Gasteiger partial charge in [0.15, 0.2) is 0 Å². The van der Waals surface area contributed by atoms with Gasteiger partial charge in [-0.3, -0.25) is 0 Å². The molecule has 1 aliphatic rings. The van der Waals surface area contributed by atoms with Crippen LogP contribution < -0.4 is 15.2 Å². The average Bonchev–Trinajstić information content (AvgIpc) is 2.96. The Balaban J connectivity index is 2.56. The Morgan fingerprint density at radius 3 is 1.85 bits per heavy atom. The lowest BCUT2D eigenvalue weighted by Crippen LogP contribution is -2.51. The molecule has 2 rings (SSSR count). The molecule has 0 aromatic heterocycles. The number of carbonyl (C=O) groups excluding carboxylic acids is 1. The fourth-order valence-electron chi connectivity index (χ4n) is 5.42. The van der Waals surface area contributed by atoms with Crippen molar-refractivity contribution >= 4 is 33.0 Å². The lowest BCUT2D eigenvalue weighted by atomic mass is 9.78. The highest BCUT2D eigenvalue weighted by Gasteiger charge is 2.52. The van der Waals surface area contributed by atoms with Crippen LogP contribution in [0.15, 0.2) is 18.2 Å². The number of amides is 1. The number of carboxylic acid groups (broad SMARTS) is 1. The van der Waals surface area contributed by atoms with E-state index in [1.54, 1.807) is 20.8 Å². The first-order valence-corrected chi connectivity index (χ1v) is 16.2. The molecule has 1 fully saturated rings. The number of carboxylic acids is 1. The second-order valence-electron chi connectivity index (χ2n) is 13.7. The SMILES string of the molecule is CC(C)[Si](Oc1cc(C[C@H](NC(=O)OC(C)(C)C)C(=O)O)cc(B2OC(C)(C)C(C)(C)O2)c1)(C(C)C)C(C)C. The topological polar surface area (TPSA) is 103 Å². The van der Waals surface area contributed by atoms with Crippen LogP contribution in [0, 0.1) is 0 Å². The summed E-state index contributed by atoms with van der Waals surface area (Å²) in [4.78, 5) is 24.6. The number of alkyl carbamates (subject to hydrolysis) is 1. The highest BCUT2D eigenvalue weighted by Crippen LogP contribution is 2.43. The third kappa shape index (κ3) is 7.79. The molecule has 0 radical (unpaired) electrons. The van der Waals surface area contributed by atoms with E-state index >= 15 is 0 Å². The molecule has 0 unspecified atom stereocenters.